The number of nitrogens with zero attached hydrogens (tertiary/aromatic N) is 2. The molecule has 0 fully saturated rings. The molecule has 0 saturated heterocycles. The van der Waals surface area contributed by atoms with E-state index in [0.717, 1.165) is 10.9 Å². The summed E-state index contributed by atoms with van der Waals surface area (Å²) in [5.74, 6) is -1.86. The second-order valence-electron chi connectivity index (χ2n) is 10.1. The van der Waals surface area contributed by atoms with Crippen LogP contribution in [0, 0.1) is 11.8 Å². The lowest BCUT2D eigenvalue weighted by atomic mass is 9.85. The van der Waals surface area contributed by atoms with Crippen LogP contribution in [0.5, 0.6) is 5.75 Å². The molecule has 9 heteroatoms. The Morgan fingerprint density at radius 2 is 1.81 bits per heavy atom. The maximum absolute atomic E-state index is 13.6. The number of pyridine rings is 2. The molecular formula is C28H28N2O7. The standard InChI is InChI=1S/C28H28N2O7/c1-6-28(37-26(33)15(4)5)20-11-22-23-17(12-30(22)24(31)19(20)13-35-27(28)34)9-16-10-18(7-8-21(16)29-23)36-25(32)14(2)3/h7-11,14-15H,6,12-13H2,1-5H3/t28-/m0/s1. The van der Waals surface area contributed by atoms with Crippen molar-refractivity contribution in [1.82, 2.24) is 9.55 Å². The molecule has 1 atom stereocenters. The molecule has 4 heterocycles. The number of ether oxygens (including phenoxy) is 3. The second kappa shape index (κ2) is 8.83. The number of hydrogen-bond acceptors (Lipinski definition) is 8. The summed E-state index contributed by atoms with van der Waals surface area (Å²) in [4.78, 5) is 56.0. The molecule has 0 unspecified atom stereocenters. The first-order chi connectivity index (χ1) is 17.6. The Balaban J connectivity index is 1.63. The van der Waals surface area contributed by atoms with E-state index in [1.54, 1.807) is 63.5 Å². The lowest BCUT2D eigenvalue weighted by Gasteiger charge is -2.36. The Bertz CT molecular complexity index is 1540. The first-order valence-electron chi connectivity index (χ1n) is 12.4. The van der Waals surface area contributed by atoms with Gasteiger partial charge in [-0.3, -0.25) is 14.4 Å². The monoisotopic (exact) mass is 504 g/mol. The predicted molar refractivity (Wildman–Crippen MR) is 134 cm³/mol. The van der Waals surface area contributed by atoms with Gasteiger partial charge in [-0.25, -0.2) is 9.78 Å². The summed E-state index contributed by atoms with van der Waals surface area (Å²) in [6.07, 6.45) is 0.121. The third-order valence-electron chi connectivity index (χ3n) is 6.88. The number of carbonyl (C=O) groups is 3. The van der Waals surface area contributed by atoms with Crippen LogP contribution in [0.15, 0.2) is 35.1 Å². The van der Waals surface area contributed by atoms with E-state index in [4.69, 9.17) is 19.2 Å². The highest BCUT2D eigenvalue weighted by Crippen LogP contribution is 2.41. The van der Waals surface area contributed by atoms with E-state index in [0.29, 0.717) is 33.8 Å². The second-order valence-corrected chi connectivity index (χ2v) is 10.1. The van der Waals surface area contributed by atoms with Crippen LogP contribution in [0.4, 0.5) is 0 Å². The van der Waals surface area contributed by atoms with Crippen LogP contribution in [-0.4, -0.2) is 27.5 Å². The van der Waals surface area contributed by atoms with Crippen molar-refractivity contribution in [2.45, 2.75) is 59.8 Å². The normalized spacial score (nSPS) is 17.9. The Labute approximate surface area is 213 Å². The molecule has 0 spiro atoms. The van der Waals surface area contributed by atoms with E-state index >= 15 is 0 Å². The number of carbonyl (C=O) groups excluding carboxylic acids is 3. The van der Waals surface area contributed by atoms with E-state index in [1.807, 2.05) is 6.07 Å². The molecule has 0 radical (unpaired) electrons. The molecule has 192 valence electrons. The Kier molecular flexibility index (Phi) is 5.89. The number of benzene rings is 1. The van der Waals surface area contributed by atoms with Crippen molar-refractivity contribution in [2.24, 2.45) is 11.8 Å². The number of rotatable bonds is 5. The van der Waals surface area contributed by atoms with E-state index in [2.05, 4.69) is 0 Å². The van der Waals surface area contributed by atoms with Crippen LogP contribution < -0.4 is 10.3 Å². The number of fused-ring (bicyclic) bond motifs is 5. The smallest absolute Gasteiger partial charge is 0.355 e. The van der Waals surface area contributed by atoms with Gasteiger partial charge in [0.25, 0.3) is 5.56 Å². The summed E-state index contributed by atoms with van der Waals surface area (Å²) in [5, 5.41) is 0.769. The summed E-state index contributed by atoms with van der Waals surface area (Å²) in [6, 6.07) is 8.84. The van der Waals surface area contributed by atoms with E-state index < -0.39 is 23.5 Å². The van der Waals surface area contributed by atoms with E-state index in [1.165, 1.54) is 0 Å². The average molecular weight is 505 g/mol. The summed E-state index contributed by atoms with van der Waals surface area (Å²) in [5.41, 5.74) is 1.26. The minimum Gasteiger partial charge on any atom is -0.457 e. The largest absolute Gasteiger partial charge is 0.457 e. The zero-order valence-electron chi connectivity index (χ0n) is 21.4. The molecule has 2 aliphatic rings. The van der Waals surface area contributed by atoms with Crippen LogP contribution in [0.3, 0.4) is 0 Å². The van der Waals surface area contributed by atoms with Crippen LogP contribution in [0.25, 0.3) is 22.3 Å². The molecule has 0 N–H and O–H groups in total. The summed E-state index contributed by atoms with van der Waals surface area (Å²) in [7, 11) is 0. The first-order valence-corrected chi connectivity index (χ1v) is 12.4. The van der Waals surface area contributed by atoms with Gasteiger partial charge in [0.2, 0.25) is 5.60 Å². The zero-order valence-corrected chi connectivity index (χ0v) is 21.4. The van der Waals surface area contributed by atoms with Crippen molar-refractivity contribution < 1.29 is 28.6 Å². The molecule has 3 aromatic rings. The molecule has 0 bridgehead atoms. The van der Waals surface area contributed by atoms with Gasteiger partial charge in [0.15, 0.2) is 0 Å². The molecule has 0 amide bonds. The van der Waals surface area contributed by atoms with Crippen LogP contribution in [0.2, 0.25) is 0 Å². The van der Waals surface area contributed by atoms with E-state index in [9.17, 15) is 19.2 Å². The topological polar surface area (TPSA) is 114 Å². The quantitative estimate of drug-likeness (QED) is 0.297. The lowest BCUT2D eigenvalue weighted by molar-refractivity contribution is -0.191. The predicted octanol–water partition coefficient (Wildman–Crippen LogP) is 3.85. The molecule has 2 aromatic heterocycles. The number of aromatic nitrogens is 2. The Hall–Kier alpha value is -4.01. The van der Waals surface area contributed by atoms with Crippen LogP contribution in [0.1, 0.15) is 57.7 Å². The maximum Gasteiger partial charge on any atom is 0.355 e. The Morgan fingerprint density at radius 1 is 1.08 bits per heavy atom. The summed E-state index contributed by atoms with van der Waals surface area (Å²) in [6.45, 7) is 8.71. The van der Waals surface area contributed by atoms with Gasteiger partial charge in [-0.2, -0.15) is 0 Å². The van der Waals surface area contributed by atoms with Crippen molar-refractivity contribution in [3.05, 3.63) is 57.4 Å². The molecule has 0 saturated carbocycles. The third kappa shape index (κ3) is 3.89. The molecule has 5 rings (SSSR count). The van der Waals surface area contributed by atoms with Gasteiger partial charge >= 0.3 is 17.9 Å². The highest BCUT2D eigenvalue weighted by molar-refractivity contribution is 5.89. The van der Waals surface area contributed by atoms with E-state index in [-0.39, 0.29) is 37.0 Å². The first kappa shape index (κ1) is 24.7. The van der Waals surface area contributed by atoms with Gasteiger partial charge in [0.1, 0.15) is 12.4 Å². The van der Waals surface area contributed by atoms with Crippen molar-refractivity contribution in [3.8, 4) is 17.1 Å². The van der Waals surface area contributed by atoms with Gasteiger partial charge < -0.3 is 18.8 Å². The van der Waals surface area contributed by atoms with Gasteiger partial charge in [0.05, 0.1) is 40.8 Å². The molecule has 2 aliphatic heterocycles. The van der Waals surface area contributed by atoms with Crippen molar-refractivity contribution >= 4 is 28.8 Å². The summed E-state index contributed by atoms with van der Waals surface area (Å²) >= 11 is 0. The van der Waals surface area contributed by atoms with Crippen LogP contribution >= 0.6 is 0 Å². The Morgan fingerprint density at radius 3 is 2.49 bits per heavy atom. The SMILES string of the molecule is CC[C@@]1(OC(=O)C(C)C)C(=O)OCc2c1cc1n(c2=O)Cc2cc3cc(OC(=O)C(C)C)ccc3nc2-1. The summed E-state index contributed by atoms with van der Waals surface area (Å²) < 4.78 is 18.1. The molecule has 9 nitrogen and oxygen atoms in total. The minimum atomic E-state index is -1.70. The highest BCUT2D eigenvalue weighted by atomic mass is 16.6. The number of hydrogen-bond donors (Lipinski definition) is 0. The molecular weight excluding hydrogens is 476 g/mol. The maximum atomic E-state index is 13.6. The van der Waals surface area contributed by atoms with Crippen molar-refractivity contribution in [1.29, 1.82) is 0 Å². The van der Waals surface area contributed by atoms with Gasteiger partial charge in [0, 0.05) is 16.5 Å². The van der Waals surface area contributed by atoms with Crippen molar-refractivity contribution in [2.75, 3.05) is 0 Å². The number of esters is 3. The fourth-order valence-corrected chi connectivity index (χ4v) is 4.71. The number of cyclic esters (lactones) is 1. The zero-order chi connectivity index (χ0) is 26.6. The van der Waals surface area contributed by atoms with Gasteiger partial charge in [-0.1, -0.05) is 34.6 Å². The third-order valence-corrected chi connectivity index (χ3v) is 6.88. The molecule has 1 aromatic carbocycles. The fraction of sp³-hybridized carbons (Fsp3) is 0.393. The van der Waals surface area contributed by atoms with Crippen molar-refractivity contribution in [3.63, 3.8) is 0 Å². The highest BCUT2D eigenvalue weighted by Gasteiger charge is 2.50. The van der Waals surface area contributed by atoms with Gasteiger partial charge in [-0.15, -0.1) is 0 Å². The lowest BCUT2D eigenvalue weighted by Crippen LogP contribution is -2.48. The minimum absolute atomic E-state index is 0.121. The molecule has 37 heavy (non-hydrogen) atoms. The average Bonchev–Trinajstić information content (AvgIpc) is 3.22. The fourth-order valence-electron chi connectivity index (χ4n) is 4.71. The molecule has 0 aliphatic carbocycles. The van der Waals surface area contributed by atoms with Crippen LogP contribution in [-0.2, 0) is 42.6 Å². The van der Waals surface area contributed by atoms with Gasteiger partial charge in [-0.05, 0) is 36.8 Å².